The van der Waals surface area contributed by atoms with Gasteiger partial charge >= 0.3 is 0 Å². The summed E-state index contributed by atoms with van der Waals surface area (Å²) in [6.07, 6.45) is 6.09. The van der Waals surface area contributed by atoms with Crippen molar-refractivity contribution in [3.63, 3.8) is 0 Å². The first-order valence-corrected chi connectivity index (χ1v) is 7.86. The maximum absolute atomic E-state index is 12.0. The number of hydrogen-bond acceptors (Lipinski definition) is 2. The quantitative estimate of drug-likeness (QED) is 0.766. The Morgan fingerprint density at radius 1 is 1.24 bits per heavy atom. The molecule has 0 bridgehead atoms. The molecule has 0 saturated heterocycles. The Balaban J connectivity index is 2.15. The van der Waals surface area contributed by atoms with E-state index in [1.807, 2.05) is 30.4 Å². The second kappa shape index (κ2) is 5.57. The highest BCUT2D eigenvalue weighted by atomic mass is 79.9. The summed E-state index contributed by atoms with van der Waals surface area (Å²) in [5.74, 6) is 0.595. The standard InChI is InChI=1S/C18H16BrNO/c1-11(2)13-9-12-7-8-16(20-18(12)15(19)10-13)14-5-3-4-6-17(14)21/h3-5,7-11H,6H2,1-2H3. The van der Waals surface area contributed by atoms with Crippen molar-refractivity contribution in [1.82, 2.24) is 4.98 Å². The van der Waals surface area contributed by atoms with Gasteiger partial charge in [0.2, 0.25) is 0 Å². The van der Waals surface area contributed by atoms with Crippen molar-refractivity contribution in [1.29, 1.82) is 0 Å². The minimum Gasteiger partial charge on any atom is -0.294 e. The summed E-state index contributed by atoms with van der Waals surface area (Å²) in [5.41, 5.74) is 3.62. The molecule has 1 heterocycles. The van der Waals surface area contributed by atoms with Crippen LogP contribution in [0.4, 0.5) is 0 Å². The third-order valence-electron chi connectivity index (χ3n) is 3.71. The molecule has 106 valence electrons. The summed E-state index contributed by atoms with van der Waals surface area (Å²) in [5, 5.41) is 1.09. The molecule has 0 atom stereocenters. The maximum Gasteiger partial charge on any atom is 0.168 e. The highest BCUT2D eigenvalue weighted by Crippen LogP contribution is 2.30. The Bertz CT molecular complexity index is 787. The van der Waals surface area contributed by atoms with Crippen molar-refractivity contribution in [2.24, 2.45) is 0 Å². The Hall–Kier alpha value is -1.74. The van der Waals surface area contributed by atoms with Crippen LogP contribution in [0.3, 0.4) is 0 Å². The molecule has 0 unspecified atom stereocenters. The van der Waals surface area contributed by atoms with Crippen LogP contribution in [-0.4, -0.2) is 10.8 Å². The third kappa shape index (κ3) is 2.70. The first-order valence-electron chi connectivity index (χ1n) is 7.07. The zero-order chi connectivity index (χ0) is 15.0. The molecule has 0 radical (unpaired) electrons. The Morgan fingerprint density at radius 3 is 2.76 bits per heavy atom. The molecule has 0 amide bonds. The Kier molecular flexibility index (Phi) is 3.77. The predicted octanol–water partition coefficient (Wildman–Crippen LogP) is 5.03. The van der Waals surface area contributed by atoms with Gasteiger partial charge in [0.1, 0.15) is 0 Å². The fourth-order valence-electron chi connectivity index (χ4n) is 2.47. The number of allylic oxidation sites excluding steroid dienone is 4. The van der Waals surface area contributed by atoms with E-state index in [2.05, 4.69) is 46.9 Å². The molecule has 0 N–H and O–H groups in total. The molecule has 0 fully saturated rings. The van der Waals surface area contributed by atoms with E-state index in [0.717, 1.165) is 21.1 Å². The van der Waals surface area contributed by atoms with Gasteiger partial charge in [-0.25, -0.2) is 4.98 Å². The minimum absolute atomic E-state index is 0.124. The van der Waals surface area contributed by atoms with Gasteiger partial charge in [-0.15, -0.1) is 0 Å². The van der Waals surface area contributed by atoms with Gasteiger partial charge < -0.3 is 0 Å². The first kappa shape index (κ1) is 14.2. The van der Waals surface area contributed by atoms with E-state index in [1.54, 1.807) is 0 Å². The van der Waals surface area contributed by atoms with Gasteiger partial charge in [-0.3, -0.25) is 4.79 Å². The lowest BCUT2D eigenvalue weighted by molar-refractivity contribution is -0.113. The molecule has 0 spiro atoms. The minimum atomic E-state index is 0.124. The zero-order valence-corrected chi connectivity index (χ0v) is 13.6. The van der Waals surface area contributed by atoms with Gasteiger partial charge in [0.15, 0.2) is 5.78 Å². The van der Waals surface area contributed by atoms with Crippen molar-refractivity contribution in [3.8, 4) is 0 Å². The average Bonchev–Trinajstić information content (AvgIpc) is 2.47. The van der Waals surface area contributed by atoms with E-state index >= 15 is 0 Å². The van der Waals surface area contributed by atoms with Crippen LogP contribution in [0.2, 0.25) is 0 Å². The molecule has 21 heavy (non-hydrogen) atoms. The summed E-state index contributed by atoms with van der Waals surface area (Å²) >= 11 is 3.61. The van der Waals surface area contributed by atoms with Crippen molar-refractivity contribution in [3.05, 3.63) is 58.2 Å². The predicted molar refractivity (Wildman–Crippen MR) is 90.3 cm³/mol. The second-order valence-corrected chi connectivity index (χ2v) is 6.42. The largest absolute Gasteiger partial charge is 0.294 e. The van der Waals surface area contributed by atoms with Crippen LogP contribution < -0.4 is 0 Å². The summed E-state index contributed by atoms with van der Waals surface area (Å²) in [7, 11) is 0. The van der Waals surface area contributed by atoms with Gasteiger partial charge in [-0.1, -0.05) is 32.1 Å². The third-order valence-corrected chi connectivity index (χ3v) is 4.32. The number of halogens is 1. The average molecular weight is 342 g/mol. The molecule has 1 aromatic heterocycles. The SMILES string of the molecule is CC(C)c1cc(Br)c2nc(C3=CC=CCC3=O)ccc2c1. The number of carbonyl (C=O) groups is 1. The van der Waals surface area contributed by atoms with Crippen LogP contribution in [0.15, 0.2) is 47.0 Å². The lowest BCUT2D eigenvalue weighted by atomic mass is 9.98. The number of aromatic nitrogens is 1. The van der Waals surface area contributed by atoms with E-state index < -0.39 is 0 Å². The van der Waals surface area contributed by atoms with Gasteiger partial charge in [0, 0.05) is 21.9 Å². The van der Waals surface area contributed by atoms with E-state index in [4.69, 9.17) is 0 Å². The van der Waals surface area contributed by atoms with Crippen LogP contribution >= 0.6 is 15.9 Å². The lowest BCUT2D eigenvalue weighted by Gasteiger charge is -2.11. The summed E-state index contributed by atoms with van der Waals surface area (Å²) in [6.45, 7) is 4.35. The van der Waals surface area contributed by atoms with Crippen LogP contribution in [0, 0.1) is 0 Å². The van der Waals surface area contributed by atoms with E-state index in [1.165, 1.54) is 5.56 Å². The smallest absolute Gasteiger partial charge is 0.168 e. The number of nitrogens with zero attached hydrogens (tertiary/aromatic N) is 1. The fourth-order valence-corrected chi connectivity index (χ4v) is 3.05. The highest BCUT2D eigenvalue weighted by molar-refractivity contribution is 9.10. The maximum atomic E-state index is 12.0. The van der Waals surface area contributed by atoms with Crippen molar-refractivity contribution >= 4 is 38.2 Å². The van der Waals surface area contributed by atoms with Gasteiger partial charge in [-0.2, -0.15) is 0 Å². The van der Waals surface area contributed by atoms with Crippen LogP contribution in [0.5, 0.6) is 0 Å². The molecule has 1 aliphatic carbocycles. The lowest BCUT2D eigenvalue weighted by Crippen LogP contribution is -2.05. The van der Waals surface area contributed by atoms with E-state index in [9.17, 15) is 4.79 Å². The number of fused-ring (bicyclic) bond motifs is 1. The van der Waals surface area contributed by atoms with Crippen LogP contribution in [-0.2, 0) is 4.79 Å². The van der Waals surface area contributed by atoms with Crippen molar-refractivity contribution < 1.29 is 4.79 Å². The number of Topliss-reactive ketones (excluding diaryl/α,β-unsaturated/α-hetero) is 1. The van der Waals surface area contributed by atoms with Crippen LogP contribution in [0.1, 0.15) is 37.4 Å². The number of rotatable bonds is 2. The number of pyridine rings is 1. The van der Waals surface area contributed by atoms with E-state index in [-0.39, 0.29) is 5.78 Å². The molecule has 2 nitrogen and oxygen atoms in total. The summed E-state index contributed by atoms with van der Waals surface area (Å²) in [6, 6.07) is 8.25. The second-order valence-electron chi connectivity index (χ2n) is 5.56. The molecular formula is C18H16BrNO. The monoisotopic (exact) mass is 341 g/mol. The number of ketones is 1. The van der Waals surface area contributed by atoms with Gasteiger partial charge in [0.25, 0.3) is 0 Å². The van der Waals surface area contributed by atoms with Crippen molar-refractivity contribution in [2.75, 3.05) is 0 Å². The molecule has 0 saturated carbocycles. The Morgan fingerprint density at radius 2 is 2.05 bits per heavy atom. The van der Waals surface area contributed by atoms with Gasteiger partial charge in [-0.05, 0) is 51.7 Å². The number of carbonyl (C=O) groups excluding carboxylic acids is 1. The van der Waals surface area contributed by atoms with Crippen molar-refractivity contribution in [2.45, 2.75) is 26.2 Å². The normalized spacial score (nSPS) is 14.9. The zero-order valence-electron chi connectivity index (χ0n) is 12.1. The molecular weight excluding hydrogens is 326 g/mol. The van der Waals surface area contributed by atoms with E-state index in [0.29, 0.717) is 17.9 Å². The van der Waals surface area contributed by atoms with Gasteiger partial charge in [0.05, 0.1) is 11.2 Å². The molecule has 0 aliphatic heterocycles. The first-order chi connectivity index (χ1) is 10.1. The molecule has 1 aromatic carbocycles. The summed E-state index contributed by atoms with van der Waals surface area (Å²) in [4.78, 5) is 16.7. The number of benzene rings is 1. The summed E-state index contributed by atoms with van der Waals surface area (Å²) < 4.78 is 0.977. The molecule has 3 heteroatoms. The Labute approximate surface area is 132 Å². The number of hydrogen-bond donors (Lipinski definition) is 0. The molecule has 1 aliphatic rings. The molecule has 2 aromatic rings. The van der Waals surface area contributed by atoms with Crippen LogP contribution in [0.25, 0.3) is 16.5 Å². The molecule has 3 rings (SSSR count). The highest BCUT2D eigenvalue weighted by Gasteiger charge is 2.15. The fraction of sp³-hybridized carbons (Fsp3) is 0.222. The topological polar surface area (TPSA) is 30.0 Å².